The number of hydrogen-bond donors (Lipinski definition) is 3. The van der Waals surface area contributed by atoms with Gasteiger partial charge in [0.1, 0.15) is 0 Å². The summed E-state index contributed by atoms with van der Waals surface area (Å²) in [5, 5.41) is 33.6. The van der Waals surface area contributed by atoms with Gasteiger partial charge in [-0.25, -0.2) is 0 Å². The lowest BCUT2D eigenvalue weighted by Gasteiger charge is -2.71. The molecule has 3 heteroatoms. The van der Waals surface area contributed by atoms with Crippen LogP contribution in [0.2, 0.25) is 0 Å². The molecule has 3 nitrogen and oxygen atoms in total. The van der Waals surface area contributed by atoms with Crippen molar-refractivity contribution in [2.75, 3.05) is 0 Å². The van der Waals surface area contributed by atoms with Crippen LogP contribution in [-0.2, 0) is 0 Å². The molecule has 0 aliphatic heterocycles. The lowest BCUT2D eigenvalue weighted by molar-refractivity contribution is -0.232. The van der Waals surface area contributed by atoms with Crippen LogP contribution in [0.1, 0.15) is 99.8 Å². The molecule has 0 aromatic heterocycles. The maximum absolute atomic E-state index is 11.7. The minimum absolute atomic E-state index is 0.0272. The first-order valence-electron chi connectivity index (χ1n) is 13.5. The minimum Gasteiger partial charge on any atom is -0.390 e. The number of aliphatic hydroxyl groups excluding tert-OH is 2. The molecule has 4 fully saturated rings. The Morgan fingerprint density at radius 1 is 0.875 bits per heavy atom. The van der Waals surface area contributed by atoms with Crippen LogP contribution in [0.4, 0.5) is 0 Å². The van der Waals surface area contributed by atoms with Gasteiger partial charge in [0.15, 0.2) is 0 Å². The molecule has 11 atom stereocenters. The average Bonchev–Trinajstić information content (AvgIpc) is 2.69. The molecule has 5 aliphatic rings. The Bertz CT molecular complexity index is 813. The van der Waals surface area contributed by atoms with Gasteiger partial charge in [0.25, 0.3) is 0 Å². The number of hydrogen-bond acceptors (Lipinski definition) is 3. The van der Waals surface area contributed by atoms with E-state index in [9.17, 15) is 15.3 Å². The van der Waals surface area contributed by atoms with Crippen molar-refractivity contribution in [3.05, 3.63) is 11.6 Å². The van der Waals surface area contributed by atoms with Gasteiger partial charge in [-0.05, 0) is 104 Å². The second-order valence-electron chi connectivity index (χ2n) is 14.3. The molecule has 182 valence electrons. The van der Waals surface area contributed by atoms with E-state index in [4.69, 9.17) is 0 Å². The topological polar surface area (TPSA) is 60.7 Å². The zero-order valence-electron chi connectivity index (χ0n) is 21.6. The van der Waals surface area contributed by atoms with Crippen molar-refractivity contribution >= 4 is 0 Å². The molecule has 5 rings (SSSR count). The maximum atomic E-state index is 11.7. The fourth-order valence-corrected chi connectivity index (χ4v) is 10.6. The maximum Gasteiger partial charge on any atom is 0.0852 e. The van der Waals surface area contributed by atoms with Crippen molar-refractivity contribution in [1.82, 2.24) is 0 Å². The highest BCUT2D eigenvalue weighted by molar-refractivity contribution is 5.34. The van der Waals surface area contributed by atoms with Crippen molar-refractivity contribution in [2.24, 2.45) is 51.2 Å². The smallest absolute Gasteiger partial charge is 0.0852 e. The quantitative estimate of drug-likeness (QED) is 0.419. The van der Waals surface area contributed by atoms with Crippen LogP contribution >= 0.6 is 0 Å². The molecule has 0 unspecified atom stereocenters. The largest absolute Gasteiger partial charge is 0.390 e. The Labute approximate surface area is 196 Å². The second kappa shape index (κ2) is 6.85. The lowest BCUT2D eigenvalue weighted by atomic mass is 9.34. The number of fused-ring (bicyclic) bond motifs is 7. The molecular formula is C29H48O3. The van der Waals surface area contributed by atoms with Gasteiger partial charge < -0.3 is 15.3 Å². The highest BCUT2D eigenvalue weighted by Crippen LogP contribution is 2.74. The predicted octanol–water partition coefficient (Wildman–Crippen LogP) is 5.72. The Kier molecular flexibility index (Phi) is 5.00. The third-order valence-electron chi connectivity index (χ3n) is 12.9. The highest BCUT2D eigenvalue weighted by atomic mass is 16.3. The van der Waals surface area contributed by atoms with Crippen LogP contribution in [0.3, 0.4) is 0 Å². The van der Waals surface area contributed by atoms with Gasteiger partial charge in [0.05, 0.1) is 17.8 Å². The molecule has 32 heavy (non-hydrogen) atoms. The lowest BCUT2D eigenvalue weighted by Crippen LogP contribution is -2.67. The van der Waals surface area contributed by atoms with Gasteiger partial charge in [-0.15, -0.1) is 0 Å². The molecule has 3 N–H and O–H groups in total. The molecule has 0 heterocycles. The molecule has 5 aliphatic carbocycles. The van der Waals surface area contributed by atoms with E-state index in [1.165, 1.54) is 25.7 Å². The summed E-state index contributed by atoms with van der Waals surface area (Å²) in [4.78, 5) is 0. The normalized spacial score (nSPS) is 59.2. The molecule has 0 radical (unpaired) electrons. The molecule has 0 aromatic carbocycles. The van der Waals surface area contributed by atoms with Crippen molar-refractivity contribution in [2.45, 2.75) is 118 Å². The summed E-state index contributed by atoms with van der Waals surface area (Å²) in [5.41, 5.74) is 0.993. The summed E-state index contributed by atoms with van der Waals surface area (Å²) in [6.45, 7) is 16.3. The summed E-state index contributed by atoms with van der Waals surface area (Å²) >= 11 is 0. The number of allylic oxidation sites excluding steroid dienone is 1. The first-order chi connectivity index (χ1) is 14.7. The summed E-state index contributed by atoms with van der Waals surface area (Å²) in [7, 11) is 0. The first-order valence-corrected chi connectivity index (χ1v) is 13.5. The van der Waals surface area contributed by atoms with E-state index in [1.54, 1.807) is 5.57 Å². The van der Waals surface area contributed by atoms with Gasteiger partial charge >= 0.3 is 0 Å². The SMILES string of the molecule is C[C@@H]1CC[C@@H]2CC[C@]3(C)C(=CC[C@@H]4[C@@]5(C)C[C@@H](O)[C@@H](O)C(C)(C)[C@H]5CC[C@]43C)[C@@H]2[C@]1(C)O. The summed E-state index contributed by atoms with van der Waals surface area (Å²) in [6.07, 6.45) is 10.2. The Balaban J connectivity index is 1.60. The Hall–Kier alpha value is -0.380. The van der Waals surface area contributed by atoms with Crippen molar-refractivity contribution in [3.8, 4) is 0 Å². The van der Waals surface area contributed by atoms with Gasteiger partial charge in [-0.2, -0.15) is 0 Å². The molecule has 4 saturated carbocycles. The van der Waals surface area contributed by atoms with Crippen LogP contribution in [0.5, 0.6) is 0 Å². The van der Waals surface area contributed by atoms with Gasteiger partial charge in [0.2, 0.25) is 0 Å². The van der Waals surface area contributed by atoms with Crippen molar-refractivity contribution in [1.29, 1.82) is 0 Å². The minimum atomic E-state index is -0.637. The van der Waals surface area contributed by atoms with E-state index in [-0.39, 0.29) is 21.7 Å². The molecule has 0 saturated heterocycles. The van der Waals surface area contributed by atoms with Gasteiger partial charge in [0, 0.05) is 5.92 Å². The summed E-state index contributed by atoms with van der Waals surface area (Å²) in [5.74, 6) is 2.20. The Morgan fingerprint density at radius 2 is 1.56 bits per heavy atom. The first kappa shape index (κ1) is 23.4. The standard InChI is InChI=1S/C29H48O3/c1-17-8-9-18-12-14-27(5)19(23(18)29(17,7)32)10-11-22-26(4)16-20(30)24(31)25(2,3)21(26)13-15-28(22,27)6/h10,17-18,20-24,30-32H,8-9,11-16H2,1-7H3/t17-,18-,20-,21-,22-,23-,24-,26+,27-,28-,29-/m1/s1. The Morgan fingerprint density at radius 3 is 2.25 bits per heavy atom. The monoisotopic (exact) mass is 444 g/mol. The van der Waals surface area contributed by atoms with E-state index in [0.29, 0.717) is 36.0 Å². The number of rotatable bonds is 0. The van der Waals surface area contributed by atoms with Crippen LogP contribution in [0.25, 0.3) is 0 Å². The fraction of sp³-hybridized carbons (Fsp3) is 0.931. The number of aliphatic hydroxyl groups is 3. The molecule has 0 aromatic rings. The highest BCUT2D eigenvalue weighted by Gasteiger charge is 2.68. The zero-order chi connectivity index (χ0) is 23.5. The fourth-order valence-electron chi connectivity index (χ4n) is 10.6. The van der Waals surface area contributed by atoms with E-state index >= 15 is 0 Å². The van der Waals surface area contributed by atoms with Crippen LogP contribution in [0, 0.1) is 51.2 Å². The van der Waals surface area contributed by atoms with E-state index in [2.05, 4.69) is 54.5 Å². The van der Waals surface area contributed by atoms with E-state index in [0.717, 1.165) is 19.3 Å². The van der Waals surface area contributed by atoms with E-state index in [1.807, 2.05) is 0 Å². The van der Waals surface area contributed by atoms with Crippen molar-refractivity contribution < 1.29 is 15.3 Å². The van der Waals surface area contributed by atoms with Crippen LogP contribution in [-0.4, -0.2) is 33.1 Å². The summed E-state index contributed by atoms with van der Waals surface area (Å²) in [6, 6.07) is 0. The third kappa shape index (κ3) is 2.65. The third-order valence-corrected chi connectivity index (χ3v) is 12.9. The molecule has 0 amide bonds. The second-order valence-corrected chi connectivity index (χ2v) is 14.3. The van der Waals surface area contributed by atoms with Gasteiger partial charge in [-0.3, -0.25) is 0 Å². The van der Waals surface area contributed by atoms with E-state index < -0.39 is 17.8 Å². The average molecular weight is 445 g/mol. The zero-order valence-corrected chi connectivity index (χ0v) is 21.6. The summed E-state index contributed by atoms with van der Waals surface area (Å²) < 4.78 is 0. The van der Waals surface area contributed by atoms with Crippen molar-refractivity contribution in [3.63, 3.8) is 0 Å². The molecule has 0 bridgehead atoms. The van der Waals surface area contributed by atoms with Crippen LogP contribution in [0.15, 0.2) is 11.6 Å². The molecular weight excluding hydrogens is 396 g/mol. The predicted molar refractivity (Wildman–Crippen MR) is 129 cm³/mol. The van der Waals surface area contributed by atoms with Crippen LogP contribution < -0.4 is 0 Å². The molecule has 0 spiro atoms. The van der Waals surface area contributed by atoms with Gasteiger partial charge in [-0.1, -0.05) is 53.2 Å².